The fourth-order valence-electron chi connectivity index (χ4n) is 3.05. The highest BCUT2D eigenvalue weighted by Crippen LogP contribution is 2.35. The number of halogens is 3. The zero-order chi connectivity index (χ0) is 19.9. The molecule has 0 radical (unpaired) electrons. The van der Waals surface area contributed by atoms with Gasteiger partial charge in [-0.3, -0.25) is 9.20 Å². The molecule has 1 unspecified atom stereocenters. The van der Waals surface area contributed by atoms with Gasteiger partial charge in [0.05, 0.1) is 12.5 Å². The van der Waals surface area contributed by atoms with Gasteiger partial charge in [0.25, 0.3) is 0 Å². The minimum absolute atomic E-state index is 0.0322. The van der Waals surface area contributed by atoms with Crippen LogP contribution < -0.4 is 5.32 Å². The van der Waals surface area contributed by atoms with Crippen LogP contribution in [0.2, 0.25) is 0 Å². The van der Waals surface area contributed by atoms with Crippen molar-refractivity contribution in [3.8, 4) is 0 Å². The van der Waals surface area contributed by atoms with Crippen LogP contribution in [0.3, 0.4) is 0 Å². The third-order valence-electron chi connectivity index (χ3n) is 4.47. The van der Waals surface area contributed by atoms with E-state index >= 15 is 0 Å². The van der Waals surface area contributed by atoms with Crippen LogP contribution in [0.4, 0.5) is 19.0 Å². The molecule has 2 heterocycles. The monoisotopic (exact) mass is 405 g/mol. The van der Waals surface area contributed by atoms with E-state index in [2.05, 4.69) is 10.3 Å². The zero-order valence-corrected chi connectivity index (χ0v) is 15.1. The maximum absolute atomic E-state index is 13.0. The van der Waals surface area contributed by atoms with Crippen LogP contribution in [0.1, 0.15) is 17.2 Å². The van der Waals surface area contributed by atoms with Gasteiger partial charge in [-0.1, -0.05) is 42.5 Å². The Morgan fingerprint density at radius 1 is 1.21 bits per heavy atom. The summed E-state index contributed by atoms with van der Waals surface area (Å²) < 4.78 is 39.9. The second-order valence-electron chi connectivity index (χ2n) is 6.22. The number of hydrogen-bond acceptors (Lipinski definition) is 4. The van der Waals surface area contributed by atoms with Crippen molar-refractivity contribution < 1.29 is 23.1 Å². The van der Waals surface area contributed by atoms with Crippen molar-refractivity contribution in [2.45, 2.75) is 12.1 Å². The average molecular weight is 405 g/mol. The van der Waals surface area contributed by atoms with Crippen molar-refractivity contribution in [2.24, 2.45) is 0 Å². The lowest BCUT2D eigenvalue weighted by Gasteiger charge is -2.14. The highest BCUT2D eigenvalue weighted by atomic mass is 32.1. The molecule has 2 aromatic heterocycles. The Bertz CT molecular complexity index is 1170. The van der Waals surface area contributed by atoms with Crippen molar-refractivity contribution in [1.82, 2.24) is 9.38 Å². The Morgan fingerprint density at radius 3 is 2.68 bits per heavy atom. The van der Waals surface area contributed by atoms with Crippen molar-refractivity contribution in [3.05, 3.63) is 65.4 Å². The van der Waals surface area contributed by atoms with Crippen LogP contribution in [0.5, 0.6) is 0 Å². The van der Waals surface area contributed by atoms with Gasteiger partial charge >= 0.3 is 6.18 Å². The quantitative estimate of drug-likeness (QED) is 0.533. The predicted octanol–water partition coefficient (Wildman–Crippen LogP) is 4.28. The molecule has 0 aliphatic heterocycles. The average Bonchev–Trinajstić information content (AvgIpc) is 3.25. The number of imidazole rings is 1. The van der Waals surface area contributed by atoms with Gasteiger partial charge < -0.3 is 10.4 Å². The Labute approximate surface area is 161 Å². The summed E-state index contributed by atoms with van der Waals surface area (Å²) in [6, 6.07) is 13.0. The van der Waals surface area contributed by atoms with Gasteiger partial charge in [-0.15, -0.1) is 11.3 Å². The smallest absolute Gasteiger partial charge is 0.395 e. The molecule has 2 N–H and O–H groups in total. The number of benzene rings is 2. The molecule has 9 heteroatoms. The second kappa shape index (κ2) is 6.92. The molecule has 4 rings (SSSR count). The van der Waals surface area contributed by atoms with Crippen LogP contribution in [-0.2, 0) is 11.0 Å². The van der Waals surface area contributed by atoms with E-state index in [1.165, 1.54) is 0 Å². The lowest BCUT2D eigenvalue weighted by molar-refractivity contribution is -0.141. The lowest BCUT2D eigenvalue weighted by Crippen LogP contribution is -2.24. The Kier molecular flexibility index (Phi) is 4.56. The molecule has 1 amide bonds. The number of fused-ring (bicyclic) bond motifs is 2. The molecule has 0 aliphatic rings. The molecule has 2 aromatic carbocycles. The normalized spacial score (nSPS) is 13.1. The highest BCUT2D eigenvalue weighted by Gasteiger charge is 2.35. The first kappa shape index (κ1) is 18.5. The van der Waals surface area contributed by atoms with Gasteiger partial charge in [0.15, 0.2) is 5.82 Å². The van der Waals surface area contributed by atoms with Gasteiger partial charge in [0, 0.05) is 5.38 Å². The van der Waals surface area contributed by atoms with Crippen molar-refractivity contribution in [1.29, 1.82) is 0 Å². The number of aromatic nitrogens is 2. The summed E-state index contributed by atoms with van der Waals surface area (Å²) in [7, 11) is 0. The van der Waals surface area contributed by atoms with Crippen molar-refractivity contribution in [2.75, 3.05) is 11.9 Å². The minimum Gasteiger partial charge on any atom is -0.395 e. The molecule has 0 saturated heterocycles. The van der Waals surface area contributed by atoms with Gasteiger partial charge in [-0.25, -0.2) is 4.98 Å². The lowest BCUT2D eigenvalue weighted by atomic mass is 9.96. The van der Waals surface area contributed by atoms with E-state index in [9.17, 15) is 23.1 Å². The number of carbonyl (C=O) groups excluding carboxylic acids is 1. The molecule has 28 heavy (non-hydrogen) atoms. The molecule has 0 fully saturated rings. The first-order chi connectivity index (χ1) is 13.4. The fourth-order valence-corrected chi connectivity index (χ4v) is 3.99. The van der Waals surface area contributed by atoms with E-state index in [-0.39, 0.29) is 10.6 Å². The molecule has 0 bridgehead atoms. The van der Waals surface area contributed by atoms with E-state index in [4.69, 9.17) is 0 Å². The first-order valence-electron chi connectivity index (χ1n) is 8.30. The molecular formula is C19H14F3N3O2S. The molecule has 5 nitrogen and oxygen atoms in total. The summed E-state index contributed by atoms with van der Waals surface area (Å²) in [4.78, 5) is 16.8. The molecule has 4 aromatic rings. The van der Waals surface area contributed by atoms with Gasteiger partial charge in [-0.2, -0.15) is 13.2 Å². The number of aliphatic hydroxyl groups is 1. The van der Waals surface area contributed by atoms with Crippen molar-refractivity contribution >= 4 is 38.7 Å². The minimum atomic E-state index is -4.51. The third-order valence-corrected chi connectivity index (χ3v) is 5.43. The zero-order valence-electron chi connectivity index (χ0n) is 14.3. The largest absolute Gasteiger partial charge is 0.432 e. The molecule has 0 saturated carbocycles. The van der Waals surface area contributed by atoms with Crippen LogP contribution in [0, 0.1) is 0 Å². The number of aliphatic hydroxyl groups excluding tert-OH is 1. The number of hydrogen-bond donors (Lipinski definition) is 2. The van der Waals surface area contributed by atoms with E-state index in [0.717, 1.165) is 38.2 Å². The third kappa shape index (κ3) is 3.23. The second-order valence-corrected chi connectivity index (χ2v) is 7.08. The SMILES string of the molecule is O=C(Nc1ncn2c(C(F)(F)F)csc12)C(CO)c1ccc2ccccc2c1. The summed E-state index contributed by atoms with van der Waals surface area (Å²) >= 11 is 0.836. The van der Waals surface area contributed by atoms with Gasteiger partial charge in [-0.05, 0) is 16.3 Å². The van der Waals surface area contributed by atoms with E-state index in [0.29, 0.717) is 5.56 Å². The molecular weight excluding hydrogens is 391 g/mol. The highest BCUT2D eigenvalue weighted by molar-refractivity contribution is 7.16. The van der Waals surface area contributed by atoms with Crippen LogP contribution >= 0.6 is 11.3 Å². The Morgan fingerprint density at radius 2 is 1.96 bits per heavy atom. The predicted molar refractivity (Wildman–Crippen MR) is 100 cm³/mol. The topological polar surface area (TPSA) is 66.6 Å². The number of anilines is 1. The summed E-state index contributed by atoms with van der Waals surface area (Å²) in [6.07, 6.45) is -3.49. The fraction of sp³-hybridized carbons (Fsp3) is 0.158. The van der Waals surface area contributed by atoms with E-state index in [1.54, 1.807) is 6.07 Å². The maximum atomic E-state index is 13.0. The number of rotatable bonds is 4. The number of carbonyl (C=O) groups is 1. The molecule has 1 atom stereocenters. The van der Waals surface area contributed by atoms with Crippen LogP contribution in [0.25, 0.3) is 15.6 Å². The summed E-state index contributed by atoms with van der Waals surface area (Å²) in [5.74, 6) is -1.38. The van der Waals surface area contributed by atoms with E-state index in [1.807, 2.05) is 36.4 Å². The standard InChI is InChI=1S/C19H14F3N3O2S/c20-19(21,22)15-9-28-18-16(23-10-25(15)18)24-17(27)14(8-26)13-6-5-11-3-1-2-4-12(11)7-13/h1-7,9-10,14,26H,8H2,(H,24,27). The molecule has 0 spiro atoms. The van der Waals surface area contributed by atoms with Crippen LogP contribution in [-0.4, -0.2) is 27.0 Å². The number of amides is 1. The summed E-state index contributed by atoms with van der Waals surface area (Å²) in [5.41, 5.74) is -0.245. The molecule has 0 aliphatic carbocycles. The number of thiazole rings is 1. The Balaban J connectivity index is 1.62. The van der Waals surface area contributed by atoms with Gasteiger partial charge in [0.2, 0.25) is 5.91 Å². The number of alkyl halides is 3. The number of nitrogens with one attached hydrogen (secondary N) is 1. The van der Waals surface area contributed by atoms with Crippen LogP contribution in [0.15, 0.2) is 54.2 Å². The Hall–Kier alpha value is -2.91. The summed E-state index contributed by atoms with van der Waals surface area (Å²) in [5, 5.41) is 15.2. The molecule has 144 valence electrons. The summed E-state index contributed by atoms with van der Waals surface area (Å²) in [6.45, 7) is -0.445. The maximum Gasteiger partial charge on any atom is 0.432 e. The van der Waals surface area contributed by atoms with Crippen molar-refractivity contribution in [3.63, 3.8) is 0 Å². The first-order valence-corrected chi connectivity index (χ1v) is 9.18. The van der Waals surface area contributed by atoms with E-state index < -0.39 is 30.3 Å². The number of nitrogens with zero attached hydrogens (tertiary/aromatic N) is 2. The van der Waals surface area contributed by atoms with Gasteiger partial charge in [0.1, 0.15) is 16.9 Å².